The number of hydrogen-bond acceptors (Lipinski definition) is 2. The Morgan fingerprint density at radius 1 is 1.31 bits per heavy atom. The predicted octanol–water partition coefficient (Wildman–Crippen LogP) is 3.01. The van der Waals surface area contributed by atoms with E-state index in [0.717, 1.165) is 0 Å². The third kappa shape index (κ3) is 4.13. The molecule has 1 aromatic carbocycles. The van der Waals surface area contributed by atoms with Gasteiger partial charge in [0.05, 0.1) is 10.0 Å². The van der Waals surface area contributed by atoms with Crippen molar-refractivity contribution in [2.75, 3.05) is 19.4 Å². The van der Waals surface area contributed by atoms with E-state index in [1.54, 1.807) is 29.3 Å². The lowest BCUT2D eigenvalue weighted by atomic mass is 10.3. The van der Waals surface area contributed by atoms with Gasteiger partial charge in [0.2, 0.25) is 5.91 Å². The molecule has 3 nitrogen and oxygen atoms in total. The van der Waals surface area contributed by atoms with Gasteiger partial charge in [-0.15, -0.1) is 0 Å². The molecule has 0 bridgehead atoms. The van der Waals surface area contributed by atoms with Crippen molar-refractivity contribution >= 4 is 34.8 Å². The van der Waals surface area contributed by atoms with Gasteiger partial charge in [-0.2, -0.15) is 0 Å². The van der Waals surface area contributed by atoms with Gasteiger partial charge in [0.1, 0.15) is 0 Å². The molecule has 1 aromatic rings. The molecule has 0 aliphatic carbocycles. The molecular weight excluding hydrogens is 247 g/mol. The van der Waals surface area contributed by atoms with Crippen molar-refractivity contribution in [3.05, 3.63) is 40.5 Å². The summed E-state index contributed by atoms with van der Waals surface area (Å²) < 4.78 is 0. The van der Waals surface area contributed by atoms with E-state index < -0.39 is 0 Å². The number of amides is 1. The highest BCUT2D eigenvalue weighted by atomic mass is 35.5. The maximum Gasteiger partial charge on any atom is 0.249 e. The number of halogens is 2. The number of rotatable bonds is 3. The Bertz CT molecular complexity index is 416. The van der Waals surface area contributed by atoms with Gasteiger partial charge >= 0.3 is 0 Å². The van der Waals surface area contributed by atoms with Gasteiger partial charge in [0, 0.05) is 32.1 Å². The van der Waals surface area contributed by atoms with E-state index in [0.29, 0.717) is 15.7 Å². The van der Waals surface area contributed by atoms with E-state index in [2.05, 4.69) is 5.32 Å². The zero-order valence-electron chi connectivity index (χ0n) is 9.00. The van der Waals surface area contributed by atoms with Crippen LogP contribution in [0, 0.1) is 0 Å². The van der Waals surface area contributed by atoms with Crippen molar-refractivity contribution in [2.45, 2.75) is 0 Å². The van der Waals surface area contributed by atoms with Gasteiger partial charge in [-0.3, -0.25) is 4.79 Å². The smallest absolute Gasteiger partial charge is 0.249 e. The molecule has 0 aromatic heterocycles. The van der Waals surface area contributed by atoms with Crippen LogP contribution >= 0.6 is 23.2 Å². The maximum absolute atomic E-state index is 11.4. The van der Waals surface area contributed by atoms with Crippen LogP contribution in [0.1, 0.15) is 0 Å². The molecule has 0 unspecified atom stereocenters. The van der Waals surface area contributed by atoms with Crippen molar-refractivity contribution in [3.63, 3.8) is 0 Å². The first-order valence-electron chi connectivity index (χ1n) is 4.59. The quantitative estimate of drug-likeness (QED) is 0.846. The standard InChI is InChI=1S/C11H12Cl2N2O/c1-15(2)6-5-11(16)14-8-3-4-9(12)10(13)7-8/h3-7H,1-2H3,(H,14,16)/b6-5-. The summed E-state index contributed by atoms with van der Waals surface area (Å²) in [5, 5.41) is 3.54. The highest BCUT2D eigenvalue weighted by Crippen LogP contribution is 2.24. The molecule has 1 amide bonds. The molecule has 0 radical (unpaired) electrons. The summed E-state index contributed by atoms with van der Waals surface area (Å²) in [5.74, 6) is -0.216. The zero-order valence-corrected chi connectivity index (χ0v) is 10.5. The highest BCUT2D eigenvalue weighted by Gasteiger charge is 2.01. The van der Waals surface area contributed by atoms with E-state index in [4.69, 9.17) is 23.2 Å². The summed E-state index contributed by atoms with van der Waals surface area (Å²) in [6, 6.07) is 4.93. The lowest BCUT2D eigenvalue weighted by Gasteiger charge is -2.05. The van der Waals surface area contributed by atoms with E-state index in [1.807, 2.05) is 14.1 Å². The van der Waals surface area contributed by atoms with Crippen LogP contribution in [0.2, 0.25) is 10.0 Å². The molecule has 0 fully saturated rings. The van der Waals surface area contributed by atoms with Gasteiger partial charge in [0.25, 0.3) is 0 Å². The lowest BCUT2D eigenvalue weighted by molar-refractivity contribution is -0.112. The second-order valence-corrected chi connectivity index (χ2v) is 4.21. The fourth-order valence-corrected chi connectivity index (χ4v) is 1.27. The first-order chi connectivity index (χ1) is 7.49. The van der Waals surface area contributed by atoms with Crippen LogP contribution in [-0.2, 0) is 4.79 Å². The molecule has 5 heteroatoms. The topological polar surface area (TPSA) is 32.3 Å². The SMILES string of the molecule is CN(C)/C=C\C(=O)Nc1ccc(Cl)c(Cl)c1. The summed E-state index contributed by atoms with van der Waals surface area (Å²) in [6.07, 6.45) is 3.09. The van der Waals surface area contributed by atoms with Crippen LogP contribution in [-0.4, -0.2) is 24.9 Å². The van der Waals surface area contributed by atoms with E-state index in [1.165, 1.54) is 6.08 Å². The average molecular weight is 259 g/mol. The van der Waals surface area contributed by atoms with E-state index >= 15 is 0 Å². The van der Waals surface area contributed by atoms with Gasteiger partial charge in [-0.1, -0.05) is 23.2 Å². The number of hydrogen-bond donors (Lipinski definition) is 1. The van der Waals surface area contributed by atoms with Crippen LogP contribution in [0.3, 0.4) is 0 Å². The Labute approximate surface area is 105 Å². The second-order valence-electron chi connectivity index (χ2n) is 3.40. The van der Waals surface area contributed by atoms with Crippen LogP contribution < -0.4 is 5.32 Å². The first-order valence-corrected chi connectivity index (χ1v) is 5.35. The molecule has 0 saturated carbocycles. The fourth-order valence-electron chi connectivity index (χ4n) is 0.975. The van der Waals surface area contributed by atoms with Crippen LogP contribution in [0.25, 0.3) is 0 Å². The number of anilines is 1. The molecule has 86 valence electrons. The molecule has 16 heavy (non-hydrogen) atoms. The fraction of sp³-hybridized carbons (Fsp3) is 0.182. The van der Waals surface area contributed by atoms with Gasteiger partial charge in [-0.25, -0.2) is 0 Å². The number of carbonyl (C=O) groups excluding carboxylic acids is 1. The normalized spacial score (nSPS) is 10.5. The Morgan fingerprint density at radius 2 is 2.00 bits per heavy atom. The van der Waals surface area contributed by atoms with E-state index in [-0.39, 0.29) is 5.91 Å². The van der Waals surface area contributed by atoms with Gasteiger partial charge in [0.15, 0.2) is 0 Å². The minimum atomic E-state index is -0.216. The molecule has 0 heterocycles. The Morgan fingerprint density at radius 3 is 2.56 bits per heavy atom. The van der Waals surface area contributed by atoms with Crippen LogP contribution in [0.4, 0.5) is 5.69 Å². The van der Waals surface area contributed by atoms with Gasteiger partial charge in [-0.05, 0) is 18.2 Å². The molecule has 0 saturated heterocycles. The second kappa shape index (κ2) is 5.77. The number of nitrogens with zero attached hydrogens (tertiary/aromatic N) is 1. The number of carbonyl (C=O) groups is 1. The number of benzene rings is 1. The molecule has 0 aliphatic rings. The third-order valence-electron chi connectivity index (χ3n) is 1.71. The van der Waals surface area contributed by atoms with Crippen molar-refractivity contribution in [1.29, 1.82) is 0 Å². The lowest BCUT2D eigenvalue weighted by Crippen LogP contribution is -2.10. The molecule has 1 rings (SSSR count). The minimum absolute atomic E-state index is 0.216. The number of nitrogens with one attached hydrogen (secondary N) is 1. The summed E-state index contributed by atoms with van der Waals surface area (Å²) in [4.78, 5) is 13.2. The Kier molecular flexibility index (Phi) is 4.65. The van der Waals surface area contributed by atoms with Gasteiger partial charge < -0.3 is 10.2 Å². The van der Waals surface area contributed by atoms with Crippen molar-refractivity contribution < 1.29 is 4.79 Å². The van der Waals surface area contributed by atoms with E-state index in [9.17, 15) is 4.79 Å². The molecule has 0 spiro atoms. The monoisotopic (exact) mass is 258 g/mol. The summed E-state index contributed by atoms with van der Waals surface area (Å²) in [7, 11) is 3.67. The summed E-state index contributed by atoms with van der Waals surface area (Å²) in [5.41, 5.74) is 0.614. The Balaban J connectivity index is 2.66. The third-order valence-corrected chi connectivity index (χ3v) is 2.45. The van der Waals surface area contributed by atoms with Crippen molar-refractivity contribution in [1.82, 2.24) is 4.90 Å². The predicted molar refractivity (Wildman–Crippen MR) is 67.9 cm³/mol. The zero-order chi connectivity index (χ0) is 12.1. The Hall–Kier alpha value is -1.19. The molecule has 1 N–H and O–H groups in total. The van der Waals surface area contributed by atoms with Crippen molar-refractivity contribution in [2.24, 2.45) is 0 Å². The first kappa shape index (κ1) is 12.9. The largest absolute Gasteiger partial charge is 0.383 e. The highest BCUT2D eigenvalue weighted by molar-refractivity contribution is 6.42. The van der Waals surface area contributed by atoms with Crippen molar-refractivity contribution in [3.8, 4) is 0 Å². The average Bonchev–Trinajstić information content (AvgIpc) is 2.21. The molecule has 0 atom stereocenters. The summed E-state index contributed by atoms with van der Waals surface area (Å²) in [6.45, 7) is 0. The maximum atomic E-state index is 11.4. The molecule has 0 aliphatic heterocycles. The molecular formula is C11H12Cl2N2O. The van der Waals surface area contributed by atoms with Crippen LogP contribution in [0.15, 0.2) is 30.5 Å². The van der Waals surface area contributed by atoms with Crippen LogP contribution in [0.5, 0.6) is 0 Å². The minimum Gasteiger partial charge on any atom is -0.383 e. The summed E-state index contributed by atoms with van der Waals surface area (Å²) >= 11 is 11.6.